The summed E-state index contributed by atoms with van der Waals surface area (Å²) in [5.41, 5.74) is 18.3. The highest BCUT2D eigenvalue weighted by molar-refractivity contribution is 5.91. The minimum Gasteiger partial charge on any atom is -0.310 e. The molecular formula is C52H39N. The van der Waals surface area contributed by atoms with Crippen LogP contribution in [0.4, 0.5) is 17.1 Å². The third-order valence-electron chi connectivity index (χ3n) is 11.7. The zero-order valence-electron chi connectivity index (χ0n) is 30.0. The van der Waals surface area contributed by atoms with Gasteiger partial charge < -0.3 is 4.90 Å². The second-order valence-corrected chi connectivity index (χ2v) is 14.9. The Labute approximate surface area is 312 Å². The molecule has 0 saturated heterocycles. The van der Waals surface area contributed by atoms with Gasteiger partial charge in [-0.25, -0.2) is 0 Å². The lowest BCUT2D eigenvalue weighted by molar-refractivity contribution is 0.564. The Hall–Kier alpha value is -6.44. The first kappa shape index (κ1) is 31.3. The standard InChI is InChI=1S/C52H39N/c1-51(2)46-24-13-14-25-47(46)52(44-22-11-9-20-42(44)43-21-10-12-23-45(43)52)48-26-15-27-49(50(48)51)53(40-32-28-38(29-33-40)36-16-5-3-6-17-36)41-34-30-39(31-35-41)37-18-7-4-8-19-37/h3-35H,1-2H3. The number of nitrogens with zero attached hydrogens (tertiary/aromatic N) is 1. The fraction of sp³-hybridized carbons (Fsp3) is 0.0769. The maximum absolute atomic E-state index is 2.48. The van der Waals surface area contributed by atoms with Gasteiger partial charge >= 0.3 is 0 Å². The second kappa shape index (κ2) is 12.1. The van der Waals surface area contributed by atoms with Gasteiger partial charge in [-0.3, -0.25) is 0 Å². The number of anilines is 3. The largest absolute Gasteiger partial charge is 0.310 e. The summed E-state index contributed by atoms with van der Waals surface area (Å²) in [6.07, 6.45) is 0. The van der Waals surface area contributed by atoms with Crippen molar-refractivity contribution in [3.05, 3.63) is 234 Å². The maximum atomic E-state index is 2.48. The van der Waals surface area contributed by atoms with Gasteiger partial charge in [-0.1, -0.05) is 184 Å². The number of hydrogen-bond acceptors (Lipinski definition) is 1. The minimum atomic E-state index is -0.454. The van der Waals surface area contributed by atoms with E-state index in [1.165, 1.54) is 72.4 Å². The fourth-order valence-corrected chi connectivity index (χ4v) is 9.44. The lowest BCUT2D eigenvalue weighted by Crippen LogP contribution is -2.41. The third-order valence-corrected chi connectivity index (χ3v) is 11.7. The van der Waals surface area contributed by atoms with E-state index in [4.69, 9.17) is 0 Å². The van der Waals surface area contributed by atoms with Crippen molar-refractivity contribution >= 4 is 17.1 Å². The van der Waals surface area contributed by atoms with Gasteiger partial charge in [0.25, 0.3) is 0 Å². The van der Waals surface area contributed by atoms with Crippen LogP contribution in [0.15, 0.2) is 200 Å². The monoisotopic (exact) mass is 677 g/mol. The molecule has 53 heavy (non-hydrogen) atoms. The predicted molar refractivity (Wildman–Crippen MR) is 221 cm³/mol. The molecule has 0 saturated carbocycles. The van der Waals surface area contributed by atoms with Crippen molar-refractivity contribution in [3.63, 3.8) is 0 Å². The van der Waals surface area contributed by atoms with Crippen molar-refractivity contribution in [1.29, 1.82) is 0 Å². The van der Waals surface area contributed by atoms with Crippen LogP contribution in [0, 0.1) is 0 Å². The molecule has 0 heterocycles. The molecule has 0 N–H and O–H groups in total. The molecule has 1 nitrogen and oxygen atoms in total. The molecule has 1 heteroatoms. The summed E-state index contributed by atoms with van der Waals surface area (Å²) in [5, 5.41) is 0. The van der Waals surface area contributed by atoms with E-state index in [0.29, 0.717) is 0 Å². The molecule has 0 fully saturated rings. The molecule has 0 bridgehead atoms. The van der Waals surface area contributed by atoms with Gasteiger partial charge in [-0.05, 0) is 97.1 Å². The van der Waals surface area contributed by atoms with E-state index in [-0.39, 0.29) is 5.41 Å². The lowest BCUT2D eigenvalue weighted by Gasteiger charge is -2.48. The molecule has 0 amide bonds. The molecule has 2 aliphatic carbocycles. The zero-order valence-corrected chi connectivity index (χ0v) is 30.0. The van der Waals surface area contributed by atoms with Gasteiger partial charge in [-0.2, -0.15) is 0 Å². The first-order chi connectivity index (χ1) is 26.1. The molecule has 1 spiro atoms. The van der Waals surface area contributed by atoms with E-state index in [0.717, 1.165) is 11.4 Å². The van der Waals surface area contributed by atoms with Crippen LogP contribution in [0.1, 0.15) is 47.2 Å². The highest BCUT2D eigenvalue weighted by Gasteiger charge is 2.54. The summed E-state index contributed by atoms with van der Waals surface area (Å²) in [6.45, 7) is 4.84. The molecule has 2 aliphatic rings. The molecule has 10 rings (SSSR count). The highest BCUT2D eigenvalue weighted by atomic mass is 15.1. The van der Waals surface area contributed by atoms with Crippen molar-refractivity contribution in [3.8, 4) is 33.4 Å². The summed E-state index contributed by atoms with van der Waals surface area (Å²) in [6, 6.07) is 73.9. The zero-order chi connectivity index (χ0) is 35.6. The SMILES string of the molecule is CC1(C)c2ccccc2C2(c3ccccc3-c3ccccc32)c2cccc(N(c3ccc(-c4ccccc4)cc3)c3ccc(-c4ccccc4)cc3)c21. The average molecular weight is 678 g/mol. The van der Waals surface area contributed by atoms with E-state index in [1.807, 2.05) is 0 Å². The second-order valence-electron chi connectivity index (χ2n) is 14.9. The first-order valence-electron chi connectivity index (χ1n) is 18.6. The van der Waals surface area contributed by atoms with Gasteiger partial charge in [0.05, 0.1) is 11.1 Å². The number of fused-ring (bicyclic) bond motifs is 9. The van der Waals surface area contributed by atoms with Gasteiger partial charge in [0.15, 0.2) is 0 Å². The molecular weight excluding hydrogens is 639 g/mol. The summed E-state index contributed by atoms with van der Waals surface area (Å²) < 4.78 is 0. The Morgan fingerprint density at radius 3 is 1.23 bits per heavy atom. The van der Waals surface area contributed by atoms with Crippen LogP contribution in [0.5, 0.6) is 0 Å². The van der Waals surface area contributed by atoms with E-state index >= 15 is 0 Å². The van der Waals surface area contributed by atoms with Crippen LogP contribution in [0.3, 0.4) is 0 Å². The van der Waals surface area contributed by atoms with Crippen LogP contribution >= 0.6 is 0 Å². The Bertz CT molecular complexity index is 2490. The van der Waals surface area contributed by atoms with Gasteiger partial charge in [0.2, 0.25) is 0 Å². The number of hydrogen-bond donors (Lipinski definition) is 0. The Morgan fingerprint density at radius 2 is 0.717 bits per heavy atom. The Morgan fingerprint density at radius 1 is 0.321 bits per heavy atom. The Kier molecular flexibility index (Phi) is 7.13. The van der Waals surface area contributed by atoms with E-state index in [2.05, 4.69) is 219 Å². The van der Waals surface area contributed by atoms with E-state index in [1.54, 1.807) is 0 Å². The van der Waals surface area contributed by atoms with Crippen molar-refractivity contribution < 1.29 is 0 Å². The predicted octanol–water partition coefficient (Wildman–Crippen LogP) is 13.5. The minimum absolute atomic E-state index is 0.299. The molecule has 0 radical (unpaired) electrons. The van der Waals surface area contributed by atoms with Crippen molar-refractivity contribution in [2.75, 3.05) is 4.90 Å². The van der Waals surface area contributed by atoms with Crippen LogP contribution in [-0.4, -0.2) is 0 Å². The van der Waals surface area contributed by atoms with Gasteiger partial charge in [-0.15, -0.1) is 0 Å². The normalized spacial score (nSPS) is 14.2. The molecule has 0 aromatic heterocycles. The van der Waals surface area contributed by atoms with Gasteiger partial charge in [0.1, 0.15) is 0 Å². The van der Waals surface area contributed by atoms with Crippen LogP contribution in [0.2, 0.25) is 0 Å². The van der Waals surface area contributed by atoms with E-state index < -0.39 is 5.41 Å². The smallest absolute Gasteiger partial charge is 0.0720 e. The Balaban J connectivity index is 1.25. The summed E-state index contributed by atoms with van der Waals surface area (Å²) in [4.78, 5) is 2.48. The quantitative estimate of drug-likeness (QED) is 0.175. The average Bonchev–Trinajstić information content (AvgIpc) is 3.52. The molecule has 8 aromatic carbocycles. The topological polar surface area (TPSA) is 3.24 Å². The number of benzene rings is 8. The summed E-state index contributed by atoms with van der Waals surface area (Å²) in [7, 11) is 0. The third kappa shape index (κ3) is 4.64. The van der Waals surface area contributed by atoms with Crippen LogP contribution in [0.25, 0.3) is 33.4 Å². The summed E-state index contributed by atoms with van der Waals surface area (Å²) >= 11 is 0. The molecule has 0 unspecified atom stereocenters. The molecule has 8 aromatic rings. The molecule has 0 aliphatic heterocycles. The molecule has 252 valence electrons. The number of rotatable bonds is 5. The first-order valence-corrected chi connectivity index (χ1v) is 18.6. The van der Waals surface area contributed by atoms with Crippen LogP contribution < -0.4 is 4.90 Å². The molecule has 0 atom stereocenters. The lowest BCUT2D eigenvalue weighted by atomic mass is 9.55. The van der Waals surface area contributed by atoms with Crippen LogP contribution in [-0.2, 0) is 10.8 Å². The van der Waals surface area contributed by atoms with Gasteiger partial charge in [0, 0.05) is 16.8 Å². The highest BCUT2D eigenvalue weighted by Crippen LogP contribution is 2.63. The maximum Gasteiger partial charge on any atom is 0.0720 e. The summed E-state index contributed by atoms with van der Waals surface area (Å²) in [5.74, 6) is 0. The van der Waals surface area contributed by atoms with Crippen molar-refractivity contribution in [1.82, 2.24) is 0 Å². The van der Waals surface area contributed by atoms with Crippen molar-refractivity contribution in [2.24, 2.45) is 0 Å². The van der Waals surface area contributed by atoms with Crippen molar-refractivity contribution in [2.45, 2.75) is 24.7 Å². The van der Waals surface area contributed by atoms with E-state index in [9.17, 15) is 0 Å². The fourth-order valence-electron chi connectivity index (χ4n) is 9.44.